The van der Waals surface area contributed by atoms with Crippen LogP contribution >= 0.6 is 11.8 Å². The molecule has 1 atom stereocenters. The van der Waals surface area contributed by atoms with Crippen molar-refractivity contribution in [2.45, 2.75) is 38.9 Å². The van der Waals surface area contributed by atoms with E-state index in [9.17, 15) is 13.2 Å². The van der Waals surface area contributed by atoms with Crippen molar-refractivity contribution in [3.05, 3.63) is 0 Å². The van der Waals surface area contributed by atoms with Crippen LogP contribution in [0.15, 0.2) is 0 Å². The molecule has 0 saturated carbocycles. The Bertz CT molecular complexity index is 341. The minimum absolute atomic E-state index is 0.144. The Labute approximate surface area is 114 Å². The van der Waals surface area contributed by atoms with E-state index in [0.29, 0.717) is 18.2 Å². The Morgan fingerprint density at radius 1 is 1.33 bits per heavy atom. The number of hydrogen-bond donors (Lipinski definition) is 2. The van der Waals surface area contributed by atoms with E-state index in [-0.39, 0.29) is 6.42 Å². The van der Waals surface area contributed by atoms with Crippen LogP contribution in [0.3, 0.4) is 0 Å². The van der Waals surface area contributed by atoms with E-state index in [1.54, 1.807) is 11.8 Å². The summed E-state index contributed by atoms with van der Waals surface area (Å²) in [5.41, 5.74) is 0. The maximum atomic E-state index is 11.7. The van der Waals surface area contributed by atoms with Crippen LogP contribution in [0.25, 0.3) is 0 Å². The van der Waals surface area contributed by atoms with E-state index in [1.165, 1.54) is 0 Å². The molecule has 0 aliphatic rings. The van der Waals surface area contributed by atoms with E-state index in [2.05, 4.69) is 5.32 Å². The zero-order valence-corrected chi connectivity index (χ0v) is 12.8. The lowest BCUT2D eigenvalue weighted by atomic mass is 10.1. The first kappa shape index (κ1) is 17.7. The molecule has 0 fully saturated rings. The van der Waals surface area contributed by atoms with Gasteiger partial charge >= 0.3 is 0 Å². The highest BCUT2D eigenvalue weighted by atomic mass is 32.2. The summed E-state index contributed by atoms with van der Waals surface area (Å²) in [5.74, 6) is 1.23. The second-order valence-electron chi connectivity index (χ2n) is 4.46. The predicted octanol–water partition coefficient (Wildman–Crippen LogP) is 1.55. The Balaban J connectivity index is 4.33. The van der Waals surface area contributed by atoms with Crippen molar-refractivity contribution >= 4 is 27.8 Å². The summed E-state index contributed by atoms with van der Waals surface area (Å²) < 4.78 is 31.4. The zero-order chi connectivity index (χ0) is 14.2. The van der Waals surface area contributed by atoms with Gasteiger partial charge in [0.15, 0.2) is 5.25 Å². The standard InChI is InChI=1S/C11H23NO4S2/c1-4-17-8-6-10(18(14,15)16)11(13)12-7-5-9(2)3/h9-10H,4-8H2,1-3H3,(H,12,13)(H,14,15,16). The molecule has 0 aromatic rings. The summed E-state index contributed by atoms with van der Waals surface area (Å²) in [6.07, 6.45) is 0.929. The number of nitrogens with one attached hydrogen (secondary N) is 1. The molecule has 0 aromatic carbocycles. The average molecular weight is 297 g/mol. The summed E-state index contributed by atoms with van der Waals surface area (Å²) in [7, 11) is -4.32. The second-order valence-corrected chi connectivity index (χ2v) is 7.46. The van der Waals surface area contributed by atoms with E-state index in [0.717, 1.165) is 12.2 Å². The quantitative estimate of drug-likeness (QED) is 0.498. The van der Waals surface area contributed by atoms with Gasteiger partial charge in [-0.25, -0.2) is 0 Å². The Morgan fingerprint density at radius 3 is 2.39 bits per heavy atom. The molecule has 1 amide bonds. The molecule has 0 bridgehead atoms. The highest BCUT2D eigenvalue weighted by Gasteiger charge is 2.30. The first-order valence-corrected chi connectivity index (χ1v) is 8.76. The van der Waals surface area contributed by atoms with Gasteiger partial charge in [-0.3, -0.25) is 9.35 Å². The molecule has 0 radical (unpaired) electrons. The van der Waals surface area contributed by atoms with Crippen molar-refractivity contribution < 1.29 is 17.8 Å². The third-order valence-electron chi connectivity index (χ3n) is 2.40. The molecule has 0 saturated heterocycles. The van der Waals surface area contributed by atoms with Crippen LogP contribution in [0.1, 0.15) is 33.6 Å². The number of carbonyl (C=O) groups is 1. The highest BCUT2D eigenvalue weighted by Crippen LogP contribution is 2.10. The molecule has 1 unspecified atom stereocenters. The molecule has 2 N–H and O–H groups in total. The normalized spacial score (nSPS) is 13.6. The van der Waals surface area contributed by atoms with Gasteiger partial charge in [-0.1, -0.05) is 20.8 Å². The van der Waals surface area contributed by atoms with Crippen LogP contribution in [0.2, 0.25) is 0 Å². The monoisotopic (exact) mass is 297 g/mol. The summed E-state index contributed by atoms with van der Waals surface area (Å²) in [4.78, 5) is 11.7. The number of amides is 1. The van der Waals surface area contributed by atoms with Gasteiger partial charge in [0.2, 0.25) is 5.91 Å². The summed E-state index contributed by atoms with van der Waals surface area (Å²) >= 11 is 1.54. The Hall–Kier alpha value is -0.270. The fourth-order valence-electron chi connectivity index (χ4n) is 1.35. The molecular formula is C11H23NO4S2. The smallest absolute Gasteiger partial charge is 0.276 e. The number of rotatable bonds is 9. The van der Waals surface area contributed by atoms with Crippen molar-refractivity contribution in [1.29, 1.82) is 0 Å². The zero-order valence-electron chi connectivity index (χ0n) is 11.2. The lowest BCUT2D eigenvalue weighted by Crippen LogP contribution is -2.40. The van der Waals surface area contributed by atoms with Gasteiger partial charge in [0.1, 0.15) is 0 Å². The lowest BCUT2D eigenvalue weighted by molar-refractivity contribution is -0.120. The van der Waals surface area contributed by atoms with E-state index < -0.39 is 21.3 Å². The lowest BCUT2D eigenvalue weighted by Gasteiger charge is -2.14. The van der Waals surface area contributed by atoms with Crippen molar-refractivity contribution in [3.63, 3.8) is 0 Å². The molecule has 0 spiro atoms. The molecule has 0 aliphatic heterocycles. The Kier molecular flexibility index (Phi) is 8.64. The fourth-order valence-corrected chi connectivity index (χ4v) is 2.96. The molecule has 0 rings (SSSR count). The number of hydrogen-bond acceptors (Lipinski definition) is 4. The van der Waals surface area contributed by atoms with Gasteiger partial charge in [0, 0.05) is 6.54 Å². The highest BCUT2D eigenvalue weighted by molar-refractivity contribution is 7.99. The van der Waals surface area contributed by atoms with Gasteiger partial charge in [0.05, 0.1) is 0 Å². The minimum atomic E-state index is -4.32. The topological polar surface area (TPSA) is 83.5 Å². The van der Waals surface area contributed by atoms with Crippen LogP contribution in [0.5, 0.6) is 0 Å². The van der Waals surface area contributed by atoms with Crippen LogP contribution in [0, 0.1) is 5.92 Å². The molecule has 0 heterocycles. The first-order chi connectivity index (χ1) is 8.29. The van der Waals surface area contributed by atoms with Gasteiger partial charge in [-0.05, 0) is 30.3 Å². The summed E-state index contributed by atoms with van der Waals surface area (Å²) in [6, 6.07) is 0. The minimum Gasteiger partial charge on any atom is -0.355 e. The van der Waals surface area contributed by atoms with Crippen LogP contribution < -0.4 is 5.32 Å². The first-order valence-electron chi connectivity index (χ1n) is 6.10. The molecule has 0 aliphatic carbocycles. The van der Waals surface area contributed by atoms with E-state index in [4.69, 9.17) is 4.55 Å². The van der Waals surface area contributed by atoms with Crippen molar-refractivity contribution in [2.75, 3.05) is 18.1 Å². The van der Waals surface area contributed by atoms with Crippen molar-refractivity contribution in [3.8, 4) is 0 Å². The number of thioether (sulfide) groups is 1. The van der Waals surface area contributed by atoms with Gasteiger partial charge in [0.25, 0.3) is 10.1 Å². The molecular weight excluding hydrogens is 274 g/mol. The van der Waals surface area contributed by atoms with Crippen molar-refractivity contribution in [1.82, 2.24) is 5.32 Å². The van der Waals surface area contributed by atoms with Crippen LogP contribution in [-0.4, -0.2) is 42.2 Å². The maximum absolute atomic E-state index is 11.7. The third-order valence-corrected chi connectivity index (χ3v) is 4.50. The van der Waals surface area contributed by atoms with Gasteiger partial charge < -0.3 is 5.32 Å². The summed E-state index contributed by atoms with van der Waals surface area (Å²) in [5, 5.41) is 1.22. The second kappa shape index (κ2) is 8.77. The summed E-state index contributed by atoms with van der Waals surface area (Å²) in [6.45, 7) is 6.42. The molecule has 18 heavy (non-hydrogen) atoms. The average Bonchev–Trinajstić information content (AvgIpc) is 2.21. The van der Waals surface area contributed by atoms with Gasteiger partial charge in [-0.2, -0.15) is 20.2 Å². The SMILES string of the molecule is CCSCCC(C(=O)NCCC(C)C)S(=O)(=O)O. The van der Waals surface area contributed by atoms with E-state index >= 15 is 0 Å². The molecule has 108 valence electrons. The predicted molar refractivity (Wildman–Crippen MR) is 75.4 cm³/mol. The molecule has 7 heteroatoms. The molecule has 5 nitrogen and oxygen atoms in total. The van der Waals surface area contributed by atoms with Gasteiger partial charge in [-0.15, -0.1) is 0 Å². The third kappa shape index (κ3) is 7.94. The largest absolute Gasteiger partial charge is 0.355 e. The van der Waals surface area contributed by atoms with E-state index in [1.807, 2.05) is 20.8 Å². The van der Waals surface area contributed by atoms with Crippen LogP contribution in [-0.2, 0) is 14.9 Å². The fraction of sp³-hybridized carbons (Fsp3) is 0.909. The maximum Gasteiger partial charge on any atom is 0.276 e. The number of carbonyl (C=O) groups excluding carboxylic acids is 1. The van der Waals surface area contributed by atoms with Crippen LogP contribution in [0.4, 0.5) is 0 Å². The Morgan fingerprint density at radius 2 is 1.94 bits per heavy atom. The molecule has 0 aromatic heterocycles. The van der Waals surface area contributed by atoms with Crippen molar-refractivity contribution in [2.24, 2.45) is 5.92 Å².